The first-order valence-electron chi connectivity index (χ1n) is 8.85. The highest BCUT2D eigenvalue weighted by atomic mass is 16.3. The van der Waals surface area contributed by atoms with Crippen LogP contribution in [-0.2, 0) is 4.79 Å². The molecule has 2 unspecified atom stereocenters. The zero-order valence-corrected chi connectivity index (χ0v) is 14.9. The maximum absolute atomic E-state index is 11.2. The van der Waals surface area contributed by atoms with Crippen LogP contribution in [0.5, 0.6) is 0 Å². The largest absolute Gasteiger partial charge is 0.377 e. The molecule has 0 aromatic heterocycles. The van der Waals surface area contributed by atoms with Crippen LogP contribution in [0.1, 0.15) is 50.7 Å². The fraction of sp³-hybridized carbons (Fsp3) is 0.571. The number of piperidine rings is 1. The van der Waals surface area contributed by atoms with Gasteiger partial charge in [-0.05, 0) is 37.5 Å². The van der Waals surface area contributed by atoms with Crippen molar-refractivity contribution in [2.24, 2.45) is 5.41 Å². The van der Waals surface area contributed by atoms with Gasteiger partial charge in [0.1, 0.15) is 11.9 Å². The molecule has 0 radical (unpaired) electrons. The van der Waals surface area contributed by atoms with Crippen molar-refractivity contribution in [3.8, 4) is 11.8 Å². The van der Waals surface area contributed by atoms with E-state index in [-0.39, 0.29) is 5.41 Å². The molecular formula is C21H27NO2. The molecule has 1 N–H and O–H groups in total. The Morgan fingerprint density at radius 2 is 2.00 bits per heavy atom. The van der Waals surface area contributed by atoms with Gasteiger partial charge in [-0.25, -0.2) is 0 Å². The lowest BCUT2D eigenvalue weighted by molar-refractivity contribution is -0.116. The maximum atomic E-state index is 11.2. The predicted octanol–water partition coefficient (Wildman–Crippen LogP) is 2.93. The quantitative estimate of drug-likeness (QED) is 0.686. The van der Waals surface area contributed by atoms with E-state index in [0.717, 1.165) is 31.2 Å². The molecule has 128 valence electrons. The van der Waals surface area contributed by atoms with Gasteiger partial charge in [0.15, 0.2) is 0 Å². The number of aryl methyl sites for hydroxylation is 1. The third-order valence-corrected chi connectivity index (χ3v) is 5.28. The van der Waals surface area contributed by atoms with Crippen LogP contribution in [0.25, 0.3) is 0 Å². The first-order chi connectivity index (χ1) is 11.3. The molecule has 2 atom stereocenters. The Morgan fingerprint density at radius 1 is 1.33 bits per heavy atom. The molecule has 1 aromatic carbocycles. The average molecular weight is 325 g/mol. The van der Waals surface area contributed by atoms with E-state index >= 15 is 0 Å². The van der Waals surface area contributed by atoms with Crippen molar-refractivity contribution >= 4 is 6.29 Å². The molecule has 3 nitrogen and oxygen atoms in total. The van der Waals surface area contributed by atoms with E-state index in [0.29, 0.717) is 24.9 Å². The summed E-state index contributed by atoms with van der Waals surface area (Å²) in [6.45, 7) is 6.79. The molecule has 2 bridgehead atoms. The van der Waals surface area contributed by atoms with E-state index in [4.69, 9.17) is 0 Å². The highest BCUT2D eigenvalue weighted by molar-refractivity contribution is 5.58. The summed E-state index contributed by atoms with van der Waals surface area (Å²) in [6.07, 6.45) is 4.58. The van der Waals surface area contributed by atoms with Crippen LogP contribution in [0.3, 0.4) is 0 Å². The number of rotatable bonds is 3. The van der Waals surface area contributed by atoms with Crippen molar-refractivity contribution in [2.45, 2.75) is 64.1 Å². The Morgan fingerprint density at radius 3 is 2.58 bits per heavy atom. The molecule has 2 heterocycles. The highest BCUT2D eigenvalue weighted by Crippen LogP contribution is 2.41. The van der Waals surface area contributed by atoms with E-state index in [1.54, 1.807) is 0 Å². The highest BCUT2D eigenvalue weighted by Gasteiger charge is 2.47. The minimum atomic E-state index is -0.905. The normalized spacial score (nSPS) is 29.8. The van der Waals surface area contributed by atoms with Gasteiger partial charge in [-0.15, -0.1) is 0 Å². The van der Waals surface area contributed by atoms with Gasteiger partial charge in [0.2, 0.25) is 0 Å². The molecule has 2 saturated heterocycles. The minimum absolute atomic E-state index is 0.330. The summed E-state index contributed by atoms with van der Waals surface area (Å²) in [5.41, 5.74) is 0.904. The Labute approximate surface area is 145 Å². The predicted molar refractivity (Wildman–Crippen MR) is 95.6 cm³/mol. The molecule has 0 spiro atoms. The van der Waals surface area contributed by atoms with Crippen molar-refractivity contribution in [1.82, 2.24) is 4.90 Å². The number of aliphatic hydroxyl groups is 1. The fourth-order valence-corrected chi connectivity index (χ4v) is 4.10. The van der Waals surface area contributed by atoms with E-state index < -0.39 is 5.60 Å². The van der Waals surface area contributed by atoms with E-state index in [1.807, 2.05) is 45.0 Å². The van der Waals surface area contributed by atoms with Crippen LogP contribution >= 0.6 is 0 Å². The molecule has 3 heteroatoms. The van der Waals surface area contributed by atoms with Gasteiger partial charge >= 0.3 is 0 Å². The third-order valence-electron chi connectivity index (χ3n) is 5.28. The van der Waals surface area contributed by atoms with Crippen LogP contribution in [-0.4, -0.2) is 40.5 Å². The number of carbonyl (C=O) groups is 1. The second-order valence-corrected chi connectivity index (χ2v) is 8.22. The first kappa shape index (κ1) is 17.2. The van der Waals surface area contributed by atoms with Crippen molar-refractivity contribution in [1.29, 1.82) is 0 Å². The topological polar surface area (TPSA) is 40.5 Å². The Kier molecular flexibility index (Phi) is 4.55. The Balaban J connectivity index is 1.74. The molecule has 3 rings (SSSR count). The molecular weight excluding hydrogens is 298 g/mol. The van der Waals surface area contributed by atoms with Crippen LogP contribution in [0, 0.1) is 24.2 Å². The van der Waals surface area contributed by atoms with Crippen molar-refractivity contribution in [3.63, 3.8) is 0 Å². The number of hydrogen-bond acceptors (Lipinski definition) is 3. The SMILES string of the molecule is Cc1cccc(C#CC2(O)CC3CCC(C2)N3CC(C)(C)C=O)c1. The van der Waals surface area contributed by atoms with Crippen LogP contribution in [0.2, 0.25) is 0 Å². The first-order valence-corrected chi connectivity index (χ1v) is 8.85. The summed E-state index contributed by atoms with van der Waals surface area (Å²) in [7, 11) is 0. The standard InChI is InChI=1S/C21H27NO2/c1-16-5-4-6-17(11-16)9-10-21(24)12-18-7-8-19(13-21)22(18)14-20(2,3)15-23/h4-6,11,15,18-19,24H,7-8,12-14H2,1-3H3. The second kappa shape index (κ2) is 6.35. The van der Waals surface area contributed by atoms with Crippen LogP contribution in [0.4, 0.5) is 0 Å². The second-order valence-electron chi connectivity index (χ2n) is 8.22. The van der Waals surface area contributed by atoms with E-state index in [1.165, 1.54) is 5.56 Å². The number of benzene rings is 1. The van der Waals surface area contributed by atoms with Crippen LogP contribution in [0.15, 0.2) is 24.3 Å². The Hall–Kier alpha value is -1.63. The number of aldehydes is 1. The van der Waals surface area contributed by atoms with Gasteiger partial charge in [0.25, 0.3) is 0 Å². The van der Waals surface area contributed by atoms with Gasteiger partial charge in [0.05, 0.1) is 0 Å². The van der Waals surface area contributed by atoms with Gasteiger partial charge in [-0.1, -0.05) is 37.8 Å². The molecule has 2 fully saturated rings. The van der Waals surface area contributed by atoms with Gasteiger partial charge in [0, 0.05) is 42.4 Å². The summed E-state index contributed by atoms with van der Waals surface area (Å²) >= 11 is 0. The molecule has 1 aromatic rings. The third kappa shape index (κ3) is 3.71. The molecule has 0 aliphatic carbocycles. The summed E-state index contributed by atoms with van der Waals surface area (Å²) in [5, 5.41) is 11.0. The van der Waals surface area contributed by atoms with Crippen molar-refractivity contribution in [2.75, 3.05) is 6.54 Å². The average Bonchev–Trinajstić information content (AvgIpc) is 2.77. The number of carbonyl (C=O) groups excluding carboxylic acids is 1. The molecule has 2 aliphatic rings. The minimum Gasteiger partial charge on any atom is -0.377 e. The van der Waals surface area contributed by atoms with Gasteiger partial charge in [-0.3, -0.25) is 4.90 Å². The van der Waals surface area contributed by atoms with Gasteiger partial charge in [-0.2, -0.15) is 0 Å². The molecule has 24 heavy (non-hydrogen) atoms. The zero-order valence-electron chi connectivity index (χ0n) is 14.9. The molecule has 2 aliphatic heterocycles. The lowest BCUT2D eigenvalue weighted by Gasteiger charge is -2.43. The summed E-state index contributed by atoms with van der Waals surface area (Å²) < 4.78 is 0. The van der Waals surface area contributed by atoms with E-state index in [9.17, 15) is 9.90 Å². The smallest absolute Gasteiger partial charge is 0.128 e. The molecule has 0 saturated carbocycles. The Bertz CT molecular complexity index is 669. The fourth-order valence-electron chi connectivity index (χ4n) is 4.10. The molecule has 0 amide bonds. The lowest BCUT2D eigenvalue weighted by atomic mass is 9.84. The van der Waals surface area contributed by atoms with Crippen molar-refractivity contribution in [3.05, 3.63) is 35.4 Å². The number of fused-ring (bicyclic) bond motifs is 2. The zero-order chi connectivity index (χ0) is 17.4. The van der Waals surface area contributed by atoms with Crippen LogP contribution < -0.4 is 0 Å². The van der Waals surface area contributed by atoms with Gasteiger partial charge < -0.3 is 9.90 Å². The summed E-state index contributed by atoms with van der Waals surface area (Å²) in [4.78, 5) is 13.7. The summed E-state index contributed by atoms with van der Waals surface area (Å²) in [6, 6.07) is 8.75. The summed E-state index contributed by atoms with van der Waals surface area (Å²) in [5.74, 6) is 6.31. The van der Waals surface area contributed by atoms with Crippen molar-refractivity contribution < 1.29 is 9.90 Å². The monoisotopic (exact) mass is 325 g/mol. The number of hydrogen-bond donors (Lipinski definition) is 1. The van der Waals surface area contributed by atoms with E-state index in [2.05, 4.69) is 16.7 Å². The lowest BCUT2D eigenvalue weighted by Crippen LogP contribution is -2.53. The maximum Gasteiger partial charge on any atom is 0.128 e. The number of nitrogens with zero attached hydrogens (tertiary/aromatic N) is 1.